The summed E-state index contributed by atoms with van der Waals surface area (Å²) in [6, 6.07) is 0.348. The van der Waals surface area contributed by atoms with E-state index < -0.39 is 0 Å². The highest BCUT2D eigenvalue weighted by atomic mass is 16.3. The van der Waals surface area contributed by atoms with E-state index in [9.17, 15) is 9.90 Å². The van der Waals surface area contributed by atoms with Crippen LogP contribution < -0.4 is 5.32 Å². The van der Waals surface area contributed by atoms with Crippen LogP contribution in [-0.2, 0) is 9.90 Å². The Labute approximate surface area is 78.9 Å². The van der Waals surface area contributed by atoms with Gasteiger partial charge in [0.25, 0.3) is 0 Å². The van der Waals surface area contributed by atoms with E-state index in [-0.39, 0.29) is 6.61 Å². The summed E-state index contributed by atoms with van der Waals surface area (Å²) in [5.41, 5.74) is 0. The Morgan fingerprint density at radius 3 is 2.62 bits per heavy atom. The lowest BCUT2D eigenvalue weighted by Gasteiger charge is -2.31. The minimum Gasteiger partial charge on any atom is -0.356 e. The highest BCUT2D eigenvalue weighted by molar-refractivity contribution is 5.46. The molecule has 1 radical (unpaired) electrons. The summed E-state index contributed by atoms with van der Waals surface area (Å²) in [6.45, 7) is 2.95. The number of nitrogens with zero attached hydrogens (tertiary/aromatic N) is 1. The van der Waals surface area contributed by atoms with Crippen molar-refractivity contribution in [3.63, 3.8) is 0 Å². The Kier molecular flexibility index (Phi) is 4.78. The first-order valence-corrected chi connectivity index (χ1v) is 4.87. The molecule has 0 aromatic heterocycles. The minimum absolute atomic E-state index is 0.0204. The van der Waals surface area contributed by atoms with Crippen LogP contribution >= 0.6 is 0 Å². The van der Waals surface area contributed by atoms with Crippen molar-refractivity contribution in [2.75, 3.05) is 26.2 Å². The summed E-state index contributed by atoms with van der Waals surface area (Å²) >= 11 is 0. The van der Waals surface area contributed by atoms with Crippen molar-refractivity contribution in [1.82, 2.24) is 10.2 Å². The van der Waals surface area contributed by atoms with Gasteiger partial charge >= 0.3 is 0 Å². The van der Waals surface area contributed by atoms with Gasteiger partial charge in [-0.15, -0.1) is 0 Å². The molecular formula is C9H17N2O2. The molecule has 1 amide bonds. The Morgan fingerprint density at radius 1 is 1.38 bits per heavy atom. The van der Waals surface area contributed by atoms with Gasteiger partial charge in [0.05, 0.1) is 6.61 Å². The predicted molar refractivity (Wildman–Crippen MR) is 48.8 cm³/mol. The third-order valence-electron chi connectivity index (χ3n) is 2.51. The highest BCUT2D eigenvalue weighted by Crippen LogP contribution is 2.09. The zero-order chi connectivity index (χ0) is 9.52. The maximum atomic E-state index is 10.3. The van der Waals surface area contributed by atoms with Crippen molar-refractivity contribution < 1.29 is 9.90 Å². The number of carbonyl (C=O) groups is 1. The number of rotatable bonds is 5. The molecule has 4 nitrogen and oxygen atoms in total. The molecule has 1 heterocycles. The fourth-order valence-corrected chi connectivity index (χ4v) is 1.71. The number of piperidine rings is 1. The fourth-order valence-electron chi connectivity index (χ4n) is 1.71. The van der Waals surface area contributed by atoms with E-state index in [4.69, 9.17) is 0 Å². The average molecular weight is 185 g/mol. The molecule has 1 saturated heterocycles. The number of likely N-dealkylation sites (tertiary alicyclic amines) is 1. The lowest BCUT2D eigenvalue weighted by Crippen LogP contribution is -2.42. The quantitative estimate of drug-likeness (QED) is 0.614. The summed E-state index contributed by atoms with van der Waals surface area (Å²) in [6.07, 6.45) is 3.54. The summed E-state index contributed by atoms with van der Waals surface area (Å²) in [5, 5.41) is 13.0. The molecule has 0 atom stereocenters. The largest absolute Gasteiger partial charge is 0.356 e. The number of carbonyl (C=O) groups excluding carboxylic acids is 1. The molecule has 0 unspecified atom stereocenters. The van der Waals surface area contributed by atoms with Crippen LogP contribution in [0.1, 0.15) is 19.3 Å². The number of hydrogen-bond acceptors (Lipinski definition) is 2. The normalized spacial score (nSPS) is 20.1. The SMILES string of the molecule is [O]CCCN1CCC(NC=O)CC1. The average Bonchev–Trinajstić information content (AvgIpc) is 2.17. The van der Waals surface area contributed by atoms with Crippen LogP contribution in [0.5, 0.6) is 0 Å². The number of hydrogen-bond donors (Lipinski definition) is 1. The number of nitrogens with one attached hydrogen (secondary N) is 1. The van der Waals surface area contributed by atoms with Crippen LogP contribution in [0.2, 0.25) is 0 Å². The van der Waals surface area contributed by atoms with Crippen LogP contribution in [0, 0.1) is 0 Å². The van der Waals surface area contributed by atoms with E-state index in [0.29, 0.717) is 6.04 Å². The molecule has 0 aliphatic carbocycles. The summed E-state index contributed by atoms with van der Waals surface area (Å²) in [7, 11) is 0. The first kappa shape index (κ1) is 10.5. The van der Waals surface area contributed by atoms with Gasteiger partial charge in [0.15, 0.2) is 0 Å². The van der Waals surface area contributed by atoms with Crippen molar-refractivity contribution in [2.45, 2.75) is 25.3 Å². The Morgan fingerprint density at radius 2 is 2.08 bits per heavy atom. The second-order valence-corrected chi connectivity index (χ2v) is 3.46. The zero-order valence-electron chi connectivity index (χ0n) is 7.87. The van der Waals surface area contributed by atoms with Gasteiger partial charge in [0.1, 0.15) is 0 Å². The summed E-state index contributed by atoms with van der Waals surface area (Å²) in [5.74, 6) is 0. The molecular weight excluding hydrogens is 168 g/mol. The highest BCUT2D eigenvalue weighted by Gasteiger charge is 2.17. The lowest BCUT2D eigenvalue weighted by atomic mass is 10.1. The van der Waals surface area contributed by atoms with E-state index >= 15 is 0 Å². The van der Waals surface area contributed by atoms with E-state index in [1.807, 2.05) is 0 Å². The molecule has 1 rings (SSSR count). The third kappa shape index (κ3) is 3.74. The molecule has 0 spiro atoms. The molecule has 13 heavy (non-hydrogen) atoms. The second-order valence-electron chi connectivity index (χ2n) is 3.46. The van der Waals surface area contributed by atoms with Crippen molar-refractivity contribution in [1.29, 1.82) is 0 Å². The minimum atomic E-state index is 0.0204. The number of amides is 1. The van der Waals surface area contributed by atoms with Gasteiger partial charge in [-0.2, -0.15) is 0 Å². The Balaban J connectivity index is 2.11. The van der Waals surface area contributed by atoms with Crippen LogP contribution in [-0.4, -0.2) is 43.6 Å². The lowest BCUT2D eigenvalue weighted by molar-refractivity contribution is -0.110. The Bertz CT molecular complexity index is 145. The molecule has 4 heteroatoms. The Hall–Kier alpha value is -0.610. The molecule has 1 N–H and O–H groups in total. The van der Waals surface area contributed by atoms with Gasteiger partial charge in [0.2, 0.25) is 6.41 Å². The summed E-state index contributed by atoms with van der Waals surface area (Å²) in [4.78, 5) is 12.5. The van der Waals surface area contributed by atoms with Gasteiger partial charge in [-0.3, -0.25) is 4.79 Å². The van der Waals surface area contributed by atoms with Crippen molar-refractivity contribution >= 4 is 6.41 Å². The van der Waals surface area contributed by atoms with E-state index in [2.05, 4.69) is 10.2 Å². The van der Waals surface area contributed by atoms with Crippen molar-refractivity contribution in [3.05, 3.63) is 0 Å². The van der Waals surface area contributed by atoms with Gasteiger partial charge in [-0.05, 0) is 19.3 Å². The monoisotopic (exact) mass is 185 g/mol. The van der Waals surface area contributed by atoms with Gasteiger partial charge in [-0.25, -0.2) is 5.11 Å². The van der Waals surface area contributed by atoms with Crippen LogP contribution in [0.3, 0.4) is 0 Å². The third-order valence-corrected chi connectivity index (χ3v) is 2.51. The van der Waals surface area contributed by atoms with Gasteiger partial charge in [0, 0.05) is 25.7 Å². The second kappa shape index (κ2) is 5.94. The zero-order valence-corrected chi connectivity index (χ0v) is 7.87. The van der Waals surface area contributed by atoms with E-state index in [1.165, 1.54) is 0 Å². The van der Waals surface area contributed by atoms with Crippen LogP contribution in [0.4, 0.5) is 0 Å². The summed E-state index contributed by atoms with van der Waals surface area (Å²) < 4.78 is 0. The molecule has 1 aliphatic heterocycles. The maximum Gasteiger partial charge on any atom is 0.207 e. The fraction of sp³-hybridized carbons (Fsp3) is 0.889. The first-order valence-electron chi connectivity index (χ1n) is 4.87. The molecule has 1 aliphatic rings. The van der Waals surface area contributed by atoms with E-state index in [0.717, 1.165) is 45.3 Å². The molecule has 1 fully saturated rings. The standard InChI is InChI=1S/C9H17N2O2/c12-7-1-4-11-5-2-9(3-6-11)10-8-13/h8-9H,1-7H2,(H,10,13). The van der Waals surface area contributed by atoms with Gasteiger partial charge in [-0.1, -0.05) is 0 Å². The van der Waals surface area contributed by atoms with Gasteiger partial charge < -0.3 is 10.2 Å². The molecule has 75 valence electrons. The smallest absolute Gasteiger partial charge is 0.207 e. The predicted octanol–water partition coefficient (Wildman–Crippen LogP) is 0.0174. The molecule has 0 saturated carbocycles. The molecule has 0 aromatic rings. The van der Waals surface area contributed by atoms with Crippen molar-refractivity contribution in [2.24, 2.45) is 0 Å². The molecule has 0 bridgehead atoms. The topological polar surface area (TPSA) is 52.2 Å². The van der Waals surface area contributed by atoms with Crippen LogP contribution in [0.25, 0.3) is 0 Å². The molecule has 0 aromatic carbocycles. The van der Waals surface area contributed by atoms with Crippen molar-refractivity contribution in [3.8, 4) is 0 Å². The van der Waals surface area contributed by atoms with Crippen LogP contribution in [0.15, 0.2) is 0 Å². The first-order chi connectivity index (χ1) is 6.36. The van der Waals surface area contributed by atoms with E-state index in [1.54, 1.807) is 0 Å². The maximum absolute atomic E-state index is 10.3.